The van der Waals surface area contributed by atoms with Crippen LogP contribution in [0.2, 0.25) is 0 Å². The van der Waals surface area contributed by atoms with Crippen LogP contribution in [0.4, 0.5) is 17.6 Å². The number of hydrogen-bond donors (Lipinski definition) is 1. The Bertz CT molecular complexity index is 1200. The van der Waals surface area contributed by atoms with E-state index in [1.165, 1.54) is 6.07 Å². The van der Waals surface area contributed by atoms with E-state index in [9.17, 15) is 17.6 Å². The highest BCUT2D eigenvalue weighted by atomic mass is 19.4. The lowest BCUT2D eigenvalue weighted by Gasteiger charge is -2.08. The minimum atomic E-state index is -4.49. The van der Waals surface area contributed by atoms with Gasteiger partial charge in [-0.1, -0.05) is 6.07 Å². The maximum Gasteiger partial charge on any atom is 0.433 e. The lowest BCUT2D eigenvalue weighted by Crippen LogP contribution is -2.08. The Morgan fingerprint density at radius 3 is 2.60 bits per heavy atom. The summed E-state index contributed by atoms with van der Waals surface area (Å²) in [6.45, 7) is 1.95. The van der Waals surface area contributed by atoms with Gasteiger partial charge in [0.2, 0.25) is 5.95 Å². The van der Waals surface area contributed by atoms with Gasteiger partial charge < -0.3 is 4.98 Å². The zero-order valence-electron chi connectivity index (χ0n) is 16.1. The minimum Gasteiger partial charge on any atom is -0.346 e. The van der Waals surface area contributed by atoms with Gasteiger partial charge in [-0.15, -0.1) is 0 Å². The fraction of sp³-hybridized carbons (Fsp3) is 0.227. The van der Waals surface area contributed by atoms with Gasteiger partial charge in [-0.3, -0.25) is 4.98 Å². The molecule has 0 radical (unpaired) electrons. The number of aromatic nitrogens is 4. The van der Waals surface area contributed by atoms with Gasteiger partial charge in [-0.25, -0.2) is 9.97 Å². The number of hydrogen-bond acceptors (Lipinski definition) is 3. The molecule has 0 unspecified atom stereocenters. The average molecular weight is 414 g/mol. The molecule has 0 aliphatic carbocycles. The van der Waals surface area contributed by atoms with Crippen LogP contribution in [-0.4, -0.2) is 19.9 Å². The first-order valence-corrected chi connectivity index (χ1v) is 9.38. The van der Waals surface area contributed by atoms with Crippen molar-refractivity contribution in [2.75, 3.05) is 0 Å². The van der Waals surface area contributed by atoms with Gasteiger partial charge in [-0.2, -0.15) is 17.6 Å². The maximum atomic E-state index is 14.6. The number of nitrogens with zero attached hydrogens (tertiary/aromatic N) is 3. The molecule has 0 fully saturated rings. The van der Waals surface area contributed by atoms with Gasteiger partial charge >= 0.3 is 6.18 Å². The van der Waals surface area contributed by atoms with Crippen molar-refractivity contribution in [3.05, 3.63) is 88.5 Å². The zero-order chi connectivity index (χ0) is 21.3. The van der Waals surface area contributed by atoms with E-state index in [0.29, 0.717) is 36.1 Å². The highest BCUT2D eigenvalue weighted by molar-refractivity contribution is 5.80. The Labute approximate surface area is 170 Å². The zero-order valence-corrected chi connectivity index (χ0v) is 16.1. The molecule has 0 aliphatic heterocycles. The summed E-state index contributed by atoms with van der Waals surface area (Å²) < 4.78 is 52.9. The van der Waals surface area contributed by atoms with E-state index in [1.807, 2.05) is 19.2 Å². The van der Waals surface area contributed by atoms with Crippen LogP contribution in [0.5, 0.6) is 0 Å². The second kappa shape index (κ2) is 7.85. The average Bonchev–Trinajstić information content (AvgIpc) is 3.10. The number of aryl methyl sites for hydroxylation is 3. The van der Waals surface area contributed by atoms with Crippen LogP contribution in [0.1, 0.15) is 33.6 Å². The molecule has 0 saturated carbocycles. The second-order valence-corrected chi connectivity index (χ2v) is 7.20. The molecule has 0 spiro atoms. The molecule has 4 heterocycles. The van der Waals surface area contributed by atoms with Crippen molar-refractivity contribution < 1.29 is 17.6 Å². The number of nitrogens with one attached hydrogen (secondary N) is 1. The molecule has 8 heteroatoms. The molecule has 4 nitrogen and oxygen atoms in total. The number of alkyl halides is 3. The van der Waals surface area contributed by atoms with E-state index in [1.54, 1.807) is 18.3 Å². The van der Waals surface area contributed by atoms with Crippen molar-refractivity contribution in [1.29, 1.82) is 0 Å². The molecule has 0 aliphatic rings. The van der Waals surface area contributed by atoms with E-state index in [2.05, 4.69) is 19.9 Å². The molecular weight excluding hydrogens is 396 g/mol. The van der Waals surface area contributed by atoms with Crippen LogP contribution < -0.4 is 0 Å². The summed E-state index contributed by atoms with van der Waals surface area (Å²) in [6, 6.07) is 7.92. The molecular formula is C22H18F4N4. The molecule has 30 heavy (non-hydrogen) atoms. The Kier molecular flexibility index (Phi) is 5.24. The number of halogens is 4. The largest absolute Gasteiger partial charge is 0.433 e. The van der Waals surface area contributed by atoms with Gasteiger partial charge in [0.15, 0.2) is 0 Å². The second-order valence-electron chi connectivity index (χ2n) is 7.20. The van der Waals surface area contributed by atoms with Gasteiger partial charge in [0, 0.05) is 41.7 Å². The van der Waals surface area contributed by atoms with E-state index < -0.39 is 17.8 Å². The third kappa shape index (κ3) is 4.32. The first-order chi connectivity index (χ1) is 14.3. The lowest BCUT2D eigenvalue weighted by atomic mass is 10.0. The van der Waals surface area contributed by atoms with Crippen LogP contribution in [0, 0.1) is 12.9 Å². The number of rotatable bonds is 5. The van der Waals surface area contributed by atoms with Gasteiger partial charge in [0.05, 0.1) is 0 Å². The van der Waals surface area contributed by atoms with Crippen molar-refractivity contribution in [3.8, 4) is 0 Å². The summed E-state index contributed by atoms with van der Waals surface area (Å²) in [7, 11) is 0. The van der Waals surface area contributed by atoms with Gasteiger partial charge in [0.25, 0.3) is 0 Å². The summed E-state index contributed by atoms with van der Waals surface area (Å²) >= 11 is 0. The summed E-state index contributed by atoms with van der Waals surface area (Å²) in [5.41, 5.74) is 3.16. The molecule has 0 saturated heterocycles. The number of H-pyrrole nitrogens is 1. The molecule has 0 bridgehead atoms. The lowest BCUT2D eigenvalue weighted by molar-refractivity contribution is -0.141. The van der Waals surface area contributed by atoms with Crippen LogP contribution in [-0.2, 0) is 25.4 Å². The van der Waals surface area contributed by atoms with Crippen LogP contribution >= 0.6 is 0 Å². The summed E-state index contributed by atoms with van der Waals surface area (Å²) in [5.74, 6) is -0.576. The third-order valence-electron chi connectivity index (χ3n) is 4.90. The van der Waals surface area contributed by atoms with E-state index in [0.717, 1.165) is 34.4 Å². The number of fused-ring (bicyclic) bond motifs is 1. The summed E-state index contributed by atoms with van der Waals surface area (Å²) in [6.07, 6.45) is 1.22. The first-order valence-electron chi connectivity index (χ1n) is 9.38. The van der Waals surface area contributed by atoms with Crippen LogP contribution in [0.3, 0.4) is 0 Å². The fourth-order valence-electron chi connectivity index (χ4n) is 3.34. The molecule has 0 atom stereocenters. The first kappa shape index (κ1) is 20.0. The normalized spacial score (nSPS) is 11.9. The van der Waals surface area contributed by atoms with Gasteiger partial charge in [-0.05, 0) is 60.7 Å². The highest BCUT2D eigenvalue weighted by Gasteiger charge is 2.32. The minimum absolute atomic E-state index is 0.310. The standard InChI is InChI=1S/C22H18F4N4/c1-13-8-18-16(12-29-21(18)28-11-13)10-15-3-5-17(30-20(15)23)4-2-14-6-7-27-19(9-14)22(24,25)26/h3,5-9,11-12H,2,4,10H2,1H3,(H,28,29). The Morgan fingerprint density at radius 1 is 1.00 bits per heavy atom. The van der Waals surface area contributed by atoms with Crippen LogP contribution in [0.15, 0.2) is 48.9 Å². The smallest absolute Gasteiger partial charge is 0.346 e. The van der Waals surface area contributed by atoms with E-state index in [4.69, 9.17) is 0 Å². The van der Waals surface area contributed by atoms with Crippen molar-refractivity contribution in [3.63, 3.8) is 0 Å². The SMILES string of the molecule is Cc1cnc2[nH]cc(Cc3ccc(CCc4ccnc(C(F)(F)F)c4)nc3F)c2c1. The highest BCUT2D eigenvalue weighted by Crippen LogP contribution is 2.28. The summed E-state index contributed by atoms with van der Waals surface area (Å²) in [5, 5.41) is 0.941. The monoisotopic (exact) mass is 414 g/mol. The molecule has 4 rings (SSSR count). The molecule has 0 amide bonds. The third-order valence-corrected chi connectivity index (χ3v) is 4.90. The maximum absolute atomic E-state index is 14.6. The summed E-state index contributed by atoms with van der Waals surface area (Å²) in [4.78, 5) is 14.7. The predicted octanol–water partition coefficient (Wildman–Crippen LogP) is 5.20. The molecule has 0 aromatic carbocycles. The van der Waals surface area contributed by atoms with Crippen molar-refractivity contribution >= 4 is 11.0 Å². The Hall–Kier alpha value is -3.29. The molecule has 4 aromatic heterocycles. The van der Waals surface area contributed by atoms with E-state index in [-0.39, 0.29) is 0 Å². The fourth-order valence-corrected chi connectivity index (χ4v) is 3.34. The van der Waals surface area contributed by atoms with Crippen molar-refractivity contribution in [2.24, 2.45) is 0 Å². The quantitative estimate of drug-likeness (QED) is 0.361. The van der Waals surface area contributed by atoms with Crippen LogP contribution in [0.25, 0.3) is 11.0 Å². The van der Waals surface area contributed by atoms with Gasteiger partial charge in [0.1, 0.15) is 11.3 Å². The van der Waals surface area contributed by atoms with Crippen molar-refractivity contribution in [2.45, 2.75) is 32.4 Å². The number of pyridine rings is 3. The molecule has 4 aromatic rings. The molecule has 154 valence electrons. The topological polar surface area (TPSA) is 54.5 Å². The van der Waals surface area contributed by atoms with E-state index >= 15 is 0 Å². The molecule has 1 N–H and O–H groups in total. The Balaban J connectivity index is 1.47. The Morgan fingerprint density at radius 2 is 1.83 bits per heavy atom. The number of aromatic amines is 1. The van der Waals surface area contributed by atoms with Crippen molar-refractivity contribution in [1.82, 2.24) is 19.9 Å². The predicted molar refractivity (Wildman–Crippen MR) is 104 cm³/mol.